The third-order valence-electron chi connectivity index (χ3n) is 2.48. The van der Waals surface area contributed by atoms with Crippen LogP contribution >= 0.6 is 0 Å². The molecule has 0 aliphatic heterocycles. The molecule has 0 fully saturated rings. The second kappa shape index (κ2) is 5.30. The number of para-hydroxylation sites is 1. The average molecular weight is 220 g/mol. The lowest BCUT2D eigenvalue weighted by atomic mass is 10.1. The maximum atomic E-state index is 11.8. The molecule has 0 radical (unpaired) electrons. The normalized spacial score (nSPS) is 11.9. The van der Waals surface area contributed by atoms with Gasteiger partial charge in [0, 0.05) is 25.1 Å². The fourth-order valence-corrected chi connectivity index (χ4v) is 1.30. The van der Waals surface area contributed by atoms with Gasteiger partial charge in [0.15, 0.2) is 0 Å². The van der Waals surface area contributed by atoms with Gasteiger partial charge in [-0.1, -0.05) is 25.1 Å². The van der Waals surface area contributed by atoms with Crippen LogP contribution in [0.15, 0.2) is 30.3 Å². The minimum Gasteiger partial charge on any atom is -0.369 e. The molecule has 0 saturated carbocycles. The summed E-state index contributed by atoms with van der Waals surface area (Å²) in [4.78, 5) is 24.1. The summed E-state index contributed by atoms with van der Waals surface area (Å²) >= 11 is 0. The van der Waals surface area contributed by atoms with Crippen LogP contribution in [-0.4, -0.2) is 18.9 Å². The first-order valence-electron chi connectivity index (χ1n) is 5.13. The summed E-state index contributed by atoms with van der Waals surface area (Å²) in [6, 6.07) is 9.28. The Morgan fingerprint density at radius 1 is 1.31 bits per heavy atom. The first-order valence-corrected chi connectivity index (χ1v) is 5.13. The molecule has 0 saturated heterocycles. The largest absolute Gasteiger partial charge is 0.369 e. The smallest absolute Gasteiger partial charge is 0.227 e. The van der Waals surface area contributed by atoms with Gasteiger partial charge in [-0.25, -0.2) is 0 Å². The zero-order valence-corrected chi connectivity index (χ0v) is 9.51. The Morgan fingerprint density at radius 2 is 1.88 bits per heavy atom. The first kappa shape index (κ1) is 12.2. The van der Waals surface area contributed by atoms with E-state index in [2.05, 4.69) is 0 Å². The fourth-order valence-electron chi connectivity index (χ4n) is 1.30. The number of nitrogens with two attached hydrogens (primary N) is 1. The monoisotopic (exact) mass is 220 g/mol. The van der Waals surface area contributed by atoms with Crippen LogP contribution in [0.1, 0.15) is 13.3 Å². The van der Waals surface area contributed by atoms with Crippen molar-refractivity contribution in [1.29, 1.82) is 0 Å². The second-order valence-corrected chi connectivity index (χ2v) is 3.80. The summed E-state index contributed by atoms with van der Waals surface area (Å²) in [5.74, 6) is -0.994. The van der Waals surface area contributed by atoms with Crippen molar-refractivity contribution in [1.82, 2.24) is 0 Å². The van der Waals surface area contributed by atoms with Crippen molar-refractivity contribution < 1.29 is 9.59 Å². The van der Waals surface area contributed by atoms with Gasteiger partial charge in [-0.05, 0) is 12.1 Å². The van der Waals surface area contributed by atoms with Crippen LogP contribution in [0.3, 0.4) is 0 Å². The molecular weight excluding hydrogens is 204 g/mol. The van der Waals surface area contributed by atoms with Crippen molar-refractivity contribution in [2.75, 3.05) is 11.9 Å². The predicted octanol–water partition coefficient (Wildman–Crippen LogP) is 1.16. The highest BCUT2D eigenvalue weighted by Gasteiger charge is 2.17. The summed E-state index contributed by atoms with van der Waals surface area (Å²) in [6.45, 7) is 1.65. The van der Waals surface area contributed by atoms with Crippen molar-refractivity contribution in [2.45, 2.75) is 13.3 Å². The number of carbonyl (C=O) groups excluding carboxylic acids is 2. The van der Waals surface area contributed by atoms with Crippen LogP contribution in [0.25, 0.3) is 0 Å². The molecule has 4 nitrogen and oxygen atoms in total. The number of anilines is 1. The molecule has 1 atom stereocenters. The Bertz CT molecular complexity index is 376. The van der Waals surface area contributed by atoms with E-state index in [1.54, 1.807) is 14.0 Å². The summed E-state index contributed by atoms with van der Waals surface area (Å²) in [5, 5.41) is 0. The summed E-state index contributed by atoms with van der Waals surface area (Å²) in [5.41, 5.74) is 5.92. The van der Waals surface area contributed by atoms with Gasteiger partial charge in [0.2, 0.25) is 11.8 Å². The minimum atomic E-state index is -0.449. The molecule has 0 aliphatic carbocycles. The van der Waals surface area contributed by atoms with E-state index in [1.807, 2.05) is 30.3 Å². The number of hydrogen-bond donors (Lipinski definition) is 1. The van der Waals surface area contributed by atoms with E-state index in [0.29, 0.717) is 0 Å². The van der Waals surface area contributed by atoms with Crippen molar-refractivity contribution >= 4 is 17.5 Å². The van der Waals surface area contributed by atoms with Gasteiger partial charge in [0.25, 0.3) is 0 Å². The Kier molecular flexibility index (Phi) is 4.05. The molecule has 1 aromatic rings. The molecule has 86 valence electrons. The minimum absolute atomic E-state index is 0.113. The summed E-state index contributed by atoms with van der Waals surface area (Å²) in [7, 11) is 1.69. The van der Waals surface area contributed by atoms with E-state index in [-0.39, 0.29) is 12.3 Å². The maximum Gasteiger partial charge on any atom is 0.227 e. The Balaban J connectivity index is 2.65. The van der Waals surface area contributed by atoms with Crippen LogP contribution in [0.5, 0.6) is 0 Å². The third-order valence-corrected chi connectivity index (χ3v) is 2.48. The molecule has 1 rings (SSSR count). The highest BCUT2D eigenvalue weighted by molar-refractivity contribution is 5.95. The Labute approximate surface area is 95.0 Å². The molecule has 1 unspecified atom stereocenters. The van der Waals surface area contributed by atoms with Crippen molar-refractivity contribution in [3.63, 3.8) is 0 Å². The van der Waals surface area contributed by atoms with Gasteiger partial charge in [-0.15, -0.1) is 0 Å². The Morgan fingerprint density at radius 3 is 2.38 bits per heavy atom. The number of benzene rings is 1. The zero-order chi connectivity index (χ0) is 12.1. The third kappa shape index (κ3) is 3.08. The number of hydrogen-bond acceptors (Lipinski definition) is 2. The van der Waals surface area contributed by atoms with E-state index in [9.17, 15) is 9.59 Å². The van der Waals surface area contributed by atoms with Gasteiger partial charge < -0.3 is 10.6 Å². The maximum absolute atomic E-state index is 11.8. The van der Waals surface area contributed by atoms with Crippen molar-refractivity contribution in [3.05, 3.63) is 30.3 Å². The molecule has 2 amide bonds. The topological polar surface area (TPSA) is 63.4 Å². The quantitative estimate of drug-likeness (QED) is 0.827. The predicted molar refractivity (Wildman–Crippen MR) is 62.8 cm³/mol. The van der Waals surface area contributed by atoms with Gasteiger partial charge >= 0.3 is 0 Å². The zero-order valence-electron chi connectivity index (χ0n) is 9.51. The first-order chi connectivity index (χ1) is 7.52. The van der Waals surface area contributed by atoms with E-state index in [1.165, 1.54) is 4.90 Å². The van der Waals surface area contributed by atoms with Crippen LogP contribution in [0, 0.1) is 5.92 Å². The molecule has 1 aromatic carbocycles. The summed E-state index contributed by atoms with van der Waals surface area (Å²) in [6.07, 6.45) is 0.140. The van der Waals surface area contributed by atoms with E-state index in [0.717, 1.165) is 5.69 Å². The standard InChI is InChI=1S/C12H16N2O2/c1-9(12(13)16)8-11(15)14(2)10-6-4-3-5-7-10/h3-7,9H,8H2,1-2H3,(H2,13,16). The van der Waals surface area contributed by atoms with Crippen molar-refractivity contribution in [2.24, 2.45) is 11.7 Å². The molecule has 0 heterocycles. The Hall–Kier alpha value is -1.84. The SMILES string of the molecule is CC(CC(=O)N(C)c1ccccc1)C(N)=O. The van der Waals surface area contributed by atoms with Gasteiger partial charge in [0.05, 0.1) is 0 Å². The molecule has 2 N–H and O–H groups in total. The highest BCUT2D eigenvalue weighted by atomic mass is 16.2. The van der Waals surface area contributed by atoms with E-state index in [4.69, 9.17) is 5.73 Å². The lowest BCUT2D eigenvalue weighted by molar-refractivity contribution is -0.126. The number of amides is 2. The molecule has 0 aliphatic rings. The van der Waals surface area contributed by atoms with Crippen molar-refractivity contribution in [3.8, 4) is 0 Å². The molecule has 16 heavy (non-hydrogen) atoms. The van der Waals surface area contributed by atoms with E-state index < -0.39 is 11.8 Å². The van der Waals surface area contributed by atoms with Crippen LogP contribution in [-0.2, 0) is 9.59 Å². The van der Waals surface area contributed by atoms with Crippen LogP contribution in [0.4, 0.5) is 5.69 Å². The molecule has 4 heteroatoms. The lowest BCUT2D eigenvalue weighted by Gasteiger charge is -2.18. The number of carbonyl (C=O) groups is 2. The van der Waals surface area contributed by atoms with Crippen LogP contribution in [0.2, 0.25) is 0 Å². The molecule has 0 spiro atoms. The number of nitrogens with zero attached hydrogens (tertiary/aromatic N) is 1. The van der Waals surface area contributed by atoms with Gasteiger partial charge in [0.1, 0.15) is 0 Å². The van der Waals surface area contributed by atoms with E-state index >= 15 is 0 Å². The number of primary amides is 1. The fraction of sp³-hybridized carbons (Fsp3) is 0.333. The molecular formula is C12H16N2O2. The van der Waals surface area contributed by atoms with Crippen LogP contribution < -0.4 is 10.6 Å². The lowest BCUT2D eigenvalue weighted by Crippen LogP contribution is -2.31. The average Bonchev–Trinajstić information content (AvgIpc) is 2.28. The summed E-state index contributed by atoms with van der Waals surface area (Å²) < 4.78 is 0. The molecule has 0 aromatic heterocycles. The highest BCUT2D eigenvalue weighted by Crippen LogP contribution is 2.14. The second-order valence-electron chi connectivity index (χ2n) is 3.80. The molecule has 0 bridgehead atoms. The van der Waals surface area contributed by atoms with Gasteiger partial charge in [-0.2, -0.15) is 0 Å². The number of rotatable bonds is 4. The van der Waals surface area contributed by atoms with Gasteiger partial charge in [-0.3, -0.25) is 9.59 Å².